The van der Waals surface area contributed by atoms with Gasteiger partial charge in [0.05, 0.1) is 0 Å². The molecule has 3 aliphatic carbocycles. The predicted molar refractivity (Wildman–Crippen MR) is 204 cm³/mol. The van der Waals surface area contributed by atoms with Crippen molar-refractivity contribution in [2.45, 2.75) is 17.2 Å². The van der Waals surface area contributed by atoms with Crippen molar-refractivity contribution in [1.29, 1.82) is 0 Å². The monoisotopic (exact) mass is 630 g/mol. The highest BCUT2D eigenvalue weighted by atomic mass is 32.2. The van der Waals surface area contributed by atoms with Gasteiger partial charge in [-0.05, 0) is 90.4 Å². The third-order valence-corrected chi connectivity index (χ3v) is 12.2. The van der Waals surface area contributed by atoms with Crippen molar-refractivity contribution in [1.82, 2.24) is 0 Å². The molecule has 0 amide bonds. The molecule has 0 saturated carbocycles. The van der Waals surface area contributed by atoms with Gasteiger partial charge in [-0.3, -0.25) is 0 Å². The SMILES string of the molecule is C1=CC2C=CC=C(c3c4ccccc4c(C4=CC=C5Sc6cc7ccc8c9ccccc9oc8c7cc6C5C4)c4ccccc34)C2C=C1. The normalized spacial score (nSPS) is 21.1. The maximum Gasteiger partial charge on any atom is 0.143 e. The van der Waals surface area contributed by atoms with Crippen molar-refractivity contribution < 1.29 is 4.42 Å². The van der Waals surface area contributed by atoms with Crippen LogP contribution >= 0.6 is 11.8 Å². The van der Waals surface area contributed by atoms with E-state index in [1.54, 1.807) is 0 Å². The highest BCUT2D eigenvalue weighted by Crippen LogP contribution is 2.56. The molecule has 0 fully saturated rings. The maximum atomic E-state index is 6.49. The largest absolute Gasteiger partial charge is 0.455 e. The second-order valence-electron chi connectivity index (χ2n) is 13.5. The first-order chi connectivity index (χ1) is 23.8. The fraction of sp³-hybridized carbons (Fsp3) is 0.0870. The molecule has 6 aromatic carbocycles. The number of hydrogen-bond acceptors (Lipinski definition) is 2. The van der Waals surface area contributed by atoms with Crippen LogP contribution in [0.15, 0.2) is 166 Å². The van der Waals surface area contributed by atoms with Gasteiger partial charge in [-0.25, -0.2) is 0 Å². The van der Waals surface area contributed by atoms with Crippen LogP contribution < -0.4 is 0 Å². The quantitative estimate of drug-likeness (QED) is 0.176. The number of fused-ring (bicyclic) bond motifs is 11. The summed E-state index contributed by atoms with van der Waals surface area (Å²) in [4.78, 5) is 2.81. The van der Waals surface area contributed by atoms with Crippen molar-refractivity contribution in [3.63, 3.8) is 0 Å². The summed E-state index contributed by atoms with van der Waals surface area (Å²) in [5.74, 6) is 1.07. The van der Waals surface area contributed by atoms with Crippen molar-refractivity contribution in [3.8, 4) is 0 Å². The van der Waals surface area contributed by atoms with Gasteiger partial charge in [0.1, 0.15) is 11.2 Å². The Kier molecular flexibility index (Phi) is 5.62. The minimum Gasteiger partial charge on any atom is -0.455 e. The lowest BCUT2D eigenvalue weighted by molar-refractivity contribution is 0.672. The third kappa shape index (κ3) is 3.75. The molecule has 1 aromatic heterocycles. The average molecular weight is 631 g/mol. The number of rotatable bonds is 2. The van der Waals surface area contributed by atoms with Crippen molar-refractivity contribution in [2.24, 2.45) is 11.8 Å². The van der Waals surface area contributed by atoms with E-state index in [4.69, 9.17) is 4.42 Å². The zero-order chi connectivity index (χ0) is 31.3. The lowest BCUT2D eigenvalue weighted by Crippen LogP contribution is -2.15. The van der Waals surface area contributed by atoms with E-state index in [-0.39, 0.29) is 0 Å². The molecular weight excluding hydrogens is 601 g/mol. The highest BCUT2D eigenvalue weighted by Gasteiger charge is 2.33. The molecular formula is C46H30OS. The summed E-state index contributed by atoms with van der Waals surface area (Å²) in [6.07, 6.45) is 21.8. The van der Waals surface area contributed by atoms with Gasteiger partial charge in [0.15, 0.2) is 0 Å². The summed E-state index contributed by atoms with van der Waals surface area (Å²) < 4.78 is 6.49. The second-order valence-corrected chi connectivity index (χ2v) is 14.6. The van der Waals surface area contributed by atoms with Crippen molar-refractivity contribution in [2.75, 3.05) is 0 Å². The number of benzene rings is 6. The van der Waals surface area contributed by atoms with Gasteiger partial charge in [0.2, 0.25) is 0 Å². The molecule has 3 atom stereocenters. The van der Waals surface area contributed by atoms with E-state index in [2.05, 4.69) is 152 Å². The van der Waals surface area contributed by atoms with Crippen LogP contribution in [0.1, 0.15) is 29.0 Å². The van der Waals surface area contributed by atoms with Gasteiger partial charge in [-0.1, -0.05) is 139 Å². The number of hydrogen-bond donors (Lipinski definition) is 0. The molecule has 0 radical (unpaired) electrons. The van der Waals surface area contributed by atoms with Gasteiger partial charge < -0.3 is 4.42 Å². The van der Waals surface area contributed by atoms with Crippen molar-refractivity contribution >= 4 is 77.2 Å². The molecule has 2 heterocycles. The van der Waals surface area contributed by atoms with Crippen LogP contribution in [0.4, 0.5) is 0 Å². The summed E-state index contributed by atoms with van der Waals surface area (Å²) in [5, 5.41) is 10.2. The Morgan fingerprint density at radius 2 is 1.29 bits per heavy atom. The summed E-state index contributed by atoms with van der Waals surface area (Å²) in [7, 11) is 0. The fourth-order valence-electron chi connectivity index (χ4n) is 8.83. The molecule has 4 aliphatic rings. The summed E-state index contributed by atoms with van der Waals surface area (Å²) in [5.41, 5.74) is 8.94. The molecule has 0 N–H and O–H groups in total. The van der Waals surface area contributed by atoms with Crippen LogP contribution in [0.3, 0.4) is 0 Å². The minimum atomic E-state index is 0.331. The molecule has 226 valence electrons. The van der Waals surface area contributed by atoms with Crippen LogP contribution in [0.2, 0.25) is 0 Å². The van der Waals surface area contributed by atoms with Crippen LogP contribution in [0.5, 0.6) is 0 Å². The summed E-state index contributed by atoms with van der Waals surface area (Å²) in [6.45, 7) is 0. The first kappa shape index (κ1) is 26.7. The van der Waals surface area contributed by atoms with Gasteiger partial charge in [0, 0.05) is 38.8 Å². The Morgan fingerprint density at radius 3 is 2.10 bits per heavy atom. The first-order valence-corrected chi connectivity index (χ1v) is 17.8. The van der Waals surface area contributed by atoms with Crippen molar-refractivity contribution in [3.05, 3.63) is 173 Å². The predicted octanol–water partition coefficient (Wildman–Crippen LogP) is 12.9. The Hall–Kier alpha value is -5.31. The number of thioether (sulfide) groups is 1. The van der Waals surface area contributed by atoms with Crippen LogP contribution in [-0.4, -0.2) is 0 Å². The average Bonchev–Trinajstić information content (AvgIpc) is 3.70. The molecule has 0 saturated heterocycles. The van der Waals surface area contributed by atoms with Gasteiger partial charge >= 0.3 is 0 Å². The zero-order valence-electron chi connectivity index (χ0n) is 26.2. The van der Waals surface area contributed by atoms with Crippen LogP contribution in [0.25, 0.3) is 65.4 Å². The molecule has 0 bridgehead atoms. The Bertz CT molecular complexity index is 2690. The van der Waals surface area contributed by atoms with Gasteiger partial charge in [-0.15, -0.1) is 0 Å². The first-order valence-electron chi connectivity index (χ1n) is 16.9. The second kappa shape index (κ2) is 10.1. The maximum absolute atomic E-state index is 6.49. The number of para-hydroxylation sites is 1. The molecule has 1 aliphatic heterocycles. The lowest BCUT2D eigenvalue weighted by Gasteiger charge is -2.30. The smallest absolute Gasteiger partial charge is 0.143 e. The summed E-state index contributed by atoms with van der Waals surface area (Å²) in [6, 6.07) is 35.9. The molecule has 3 unspecified atom stereocenters. The molecule has 2 heteroatoms. The molecule has 7 aromatic rings. The number of allylic oxidation sites excluding steroid dienone is 12. The third-order valence-electron chi connectivity index (χ3n) is 11.0. The van der Waals surface area contributed by atoms with E-state index < -0.39 is 0 Å². The summed E-state index contributed by atoms with van der Waals surface area (Å²) >= 11 is 1.94. The van der Waals surface area contributed by atoms with E-state index >= 15 is 0 Å². The Balaban J connectivity index is 1.08. The Morgan fingerprint density at radius 1 is 0.583 bits per heavy atom. The molecule has 11 rings (SSSR count). The molecule has 48 heavy (non-hydrogen) atoms. The lowest BCUT2D eigenvalue weighted by atomic mass is 9.74. The number of furan rings is 1. The van der Waals surface area contributed by atoms with E-state index in [1.165, 1.54) is 80.7 Å². The van der Waals surface area contributed by atoms with E-state index in [0.29, 0.717) is 17.8 Å². The highest BCUT2D eigenvalue weighted by molar-refractivity contribution is 8.03. The van der Waals surface area contributed by atoms with Gasteiger partial charge in [0.25, 0.3) is 0 Å². The van der Waals surface area contributed by atoms with Crippen LogP contribution in [-0.2, 0) is 0 Å². The van der Waals surface area contributed by atoms with Gasteiger partial charge in [-0.2, -0.15) is 0 Å². The topological polar surface area (TPSA) is 13.1 Å². The zero-order valence-corrected chi connectivity index (χ0v) is 27.0. The minimum absolute atomic E-state index is 0.331. The molecule has 0 spiro atoms. The van der Waals surface area contributed by atoms with E-state index in [9.17, 15) is 0 Å². The standard InChI is InChI=1S/C46H30OS/c1-2-12-30-27(10-1)11-9-18-32(30)45-35-16-5-3-14-33(35)44(34-15-4-6-17-36(34)45)29-21-23-42-39(24-29)40-26-38-28(25-43(40)48-42)20-22-37-31-13-7-8-19-41(31)47-46(37)38/h1-23,25-27,30,39H,24H2. The van der Waals surface area contributed by atoms with E-state index in [1.807, 2.05) is 11.8 Å². The molecule has 1 nitrogen and oxygen atoms in total. The fourth-order valence-corrected chi connectivity index (χ4v) is 10.1. The van der Waals surface area contributed by atoms with Crippen LogP contribution in [0, 0.1) is 11.8 Å². The Labute approximate surface area is 282 Å². The van der Waals surface area contributed by atoms with E-state index in [0.717, 1.165) is 17.6 Å².